The molecule has 12 nitrogen and oxygen atoms in total. The summed E-state index contributed by atoms with van der Waals surface area (Å²) in [6.45, 7) is 12.5. The number of hydrazine groups is 1. The molecule has 40 heavy (non-hydrogen) atoms. The smallest absolute Gasteiger partial charge is 0.407 e. The molecule has 12 heteroatoms. The second-order valence-electron chi connectivity index (χ2n) is 10.9. The SMILES string of the molecule is CCN(N)C(=O)c1cc2cc(C(=O)Nc3cc(C(=O)NCCNC(=O)OC(C)(C)C)n(CC(C)C)c3)ccc2[nH]1. The summed E-state index contributed by atoms with van der Waals surface area (Å²) in [6, 6.07) is 8.33. The number of ether oxygens (including phenoxy) is 1. The molecule has 2 aromatic heterocycles. The van der Waals surface area contributed by atoms with Crippen molar-refractivity contribution in [3.8, 4) is 0 Å². The first-order valence-electron chi connectivity index (χ1n) is 13.2. The third-order valence-corrected chi connectivity index (χ3v) is 5.74. The highest BCUT2D eigenvalue weighted by Crippen LogP contribution is 2.21. The molecule has 1 aromatic carbocycles. The number of carbonyl (C=O) groups is 4. The standard InChI is InChI=1S/C28H39N7O5/c1-7-35(29)26(38)22-13-19-12-18(8-9-21(19)33-22)24(36)32-20-14-23(34(16-20)15-17(2)3)25(37)30-10-11-31-27(39)40-28(4,5)6/h8-9,12-14,16-17,33H,7,10-11,15,29H2,1-6H3,(H,30,37)(H,31,39)(H,32,36). The summed E-state index contributed by atoms with van der Waals surface area (Å²) in [5.74, 6) is 4.92. The number of fused-ring (bicyclic) bond motifs is 1. The van der Waals surface area contributed by atoms with Gasteiger partial charge in [0.1, 0.15) is 17.0 Å². The molecule has 0 aliphatic heterocycles. The molecule has 3 rings (SSSR count). The van der Waals surface area contributed by atoms with Gasteiger partial charge in [0, 0.05) is 48.8 Å². The summed E-state index contributed by atoms with van der Waals surface area (Å²) in [5.41, 5.74) is 1.67. The van der Waals surface area contributed by atoms with Gasteiger partial charge in [0.15, 0.2) is 0 Å². The number of aromatic nitrogens is 2. The Hall–Kier alpha value is -4.32. The van der Waals surface area contributed by atoms with Gasteiger partial charge in [-0.1, -0.05) is 13.8 Å². The molecule has 4 amide bonds. The number of hydrogen-bond donors (Lipinski definition) is 5. The number of anilines is 1. The second kappa shape index (κ2) is 12.7. The van der Waals surface area contributed by atoms with Crippen molar-refractivity contribution in [2.75, 3.05) is 25.0 Å². The van der Waals surface area contributed by atoms with Gasteiger partial charge >= 0.3 is 6.09 Å². The van der Waals surface area contributed by atoms with Crippen LogP contribution in [0.3, 0.4) is 0 Å². The average Bonchev–Trinajstić information content (AvgIpc) is 3.47. The van der Waals surface area contributed by atoms with E-state index >= 15 is 0 Å². The maximum absolute atomic E-state index is 13.1. The Bertz CT molecular complexity index is 1380. The highest BCUT2D eigenvalue weighted by Gasteiger charge is 2.19. The molecule has 0 atom stereocenters. The van der Waals surface area contributed by atoms with Crippen LogP contribution >= 0.6 is 0 Å². The van der Waals surface area contributed by atoms with Crippen LogP contribution in [0.25, 0.3) is 10.9 Å². The number of rotatable bonds is 10. The summed E-state index contributed by atoms with van der Waals surface area (Å²) in [4.78, 5) is 53.2. The minimum atomic E-state index is -0.609. The highest BCUT2D eigenvalue weighted by atomic mass is 16.6. The zero-order chi connectivity index (χ0) is 29.6. The number of benzene rings is 1. The van der Waals surface area contributed by atoms with Gasteiger partial charge in [-0.2, -0.15) is 0 Å². The lowest BCUT2D eigenvalue weighted by molar-refractivity contribution is 0.0526. The van der Waals surface area contributed by atoms with Crippen LogP contribution in [-0.2, 0) is 11.3 Å². The minimum Gasteiger partial charge on any atom is -0.444 e. The summed E-state index contributed by atoms with van der Waals surface area (Å²) in [5, 5.41) is 10.0. The Kier molecular flexibility index (Phi) is 9.59. The molecular formula is C28H39N7O5. The largest absolute Gasteiger partial charge is 0.444 e. The fourth-order valence-electron chi connectivity index (χ4n) is 3.95. The molecule has 0 saturated carbocycles. The normalized spacial score (nSPS) is 11.4. The Morgan fingerprint density at radius 3 is 2.40 bits per heavy atom. The third-order valence-electron chi connectivity index (χ3n) is 5.74. The molecule has 2 heterocycles. The summed E-state index contributed by atoms with van der Waals surface area (Å²) in [6.07, 6.45) is 1.16. The van der Waals surface area contributed by atoms with Crippen LogP contribution in [0.1, 0.15) is 72.9 Å². The molecule has 0 spiro atoms. The lowest BCUT2D eigenvalue weighted by atomic mass is 10.1. The van der Waals surface area contributed by atoms with Crippen LogP contribution in [0.15, 0.2) is 36.5 Å². The van der Waals surface area contributed by atoms with Crippen LogP contribution < -0.4 is 21.8 Å². The molecule has 3 aromatic rings. The number of nitrogens with zero attached hydrogens (tertiary/aromatic N) is 2. The van der Waals surface area contributed by atoms with Crippen LogP contribution in [0.2, 0.25) is 0 Å². The van der Waals surface area contributed by atoms with Crippen molar-refractivity contribution in [3.05, 3.63) is 53.5 Å². The van der Waals surface area contributed by atoms with Crippen molar-refractivity contribution in [2.24, 2.45) is 11.8 Å². The van der Waals surface area contributed by atoms with Crippen molar-refractivity contribution in [2.45, 2.75) is 53.7 Å². The maximum atomic E-state index is 13.1. The van der Waals surface area contributed by atoms with Crippen LogP contribution in [0, 0.1) is 5.92 Å². The second-order valence-corrected chi connectivity index (χ2v) is 10.9. The Morgan fingerprint density at radius 1 is 1.05 bits per heavy atom. The van der Waals surface area contributed by atoms with E-state index in [4.69, 9.17) is 10.6 Å². The van der Waals surface area contributed by atoms with E-state index in [1.54, 1.807) is 68.8 Å². The predicted molar refractivity (Wildman–Crippen MR) is 153 cm³/mol. The number of carbonyl (C=O) groups excluding carboxylic acids is 4. The van der Waals surface area contributed by atoms with Gasteiger partial charge in [-0.25, -0.2) is 10.6 Å². The van der Waals surface area contributed by atoms with Gasteiger partial charge in [-0.05, 0) is 63.9 Å². The van der Waals surface area contributed by atoms with Crippen molar-refractivity contribution in [1.29, 1.82) is 0 Å². The molecule has 0 radical (unpaired) electrons. The molecule has 0 aliphatic carbocycles. The fourth-order valence-corrected chi connectivity index (χ4v) is 3.95. The van der Waals surface area contributed by atoms with Crippen molar-refractivity contribution >= 4 is 40.4 Å². The predicted octanol–water partition coefficient (Wildman–Crippen LogP) is 3.47. The van der Waals surface area contributed by atoms with E-state index in [1.807, 2.05) is 13.8 Å². The number of alkyl carbamates (subject to hydrolysis) is 1. The van der Waals surface area contributed by atoms with Gasteiger partial charge in [0.05, 0.1) is 5.69 Å². The van der Waals surface area contributed by atoms with E-state index in [1.165, 1.54) is 0 Å². The van der Waals surface area contributed by atoms with E-state index in [9.17, 15) is 19.2 Å². The van der Waals surface area contributed by atoms with Crippen LogP contribution in [0.4, 0.5) is 10.5 Å². The average molecular weight is 554 g/mol. The zero-order valence-electron chi connectivity index (χ0n) is 23.9. The van der Waals surface area contributed by atoms with Gasteiger partial charge in [0.25, 0.3) is 17.7 Å². The number of nitrogens with one attached hydrogen (secondary N) is 4. The number of nitrogens with two attached hydrogens (primary N) is 1. The summed E-state index contributed by atoms with van der Waals surface area (Å²) >= 11 is 0. The lowest BCUT2D eigenvalue weighted by Crippen LogP contribution is -2.38. The zero-order valence-corrected chi connectivity index (χ0v) is 23.9. The first kappa shape index (κ1) is 30.2. The van der Waals surface area contributed by atoms with Crippen molar-refractivity contribution in [3.63, 3.8) is 0 Å². The monoisotopic (exact) mass is 553 g/mol. The number of amides is 4. The van der Waals surface area contributed by atoms with E-state index in [2.05, 4.69) is 20.9 Å². The fraction of sp³-hybridized carbons (Fsp3) is 0.429. The lowest BCUT2D eigenvalue weighted by Gasteiger charge is -2.19. The Balaban J connectivity index is 1.68. The van der Waals surface area contributed by atoms with Crippen LogP contribution in [-0.4, -0.2) is 63.6 Å². The maximum Gasteiger partial charge on any atom is 0.407 e. The highest BCUT2D eigenvalue weighted by molar-refractivity contribution is 6.07. The van der Waals surface area contributed by atoms with E-state index in [0.717, 1.165) is 5.01 Å². The van der Waals surface area contributed by atoms with Gasteiger partial charge < -0.3 is 30.2 Å². The molecular weight excluding hydrogens is 514 g/mol. The van der Waals surface area contributed by atoms with Gasteiger partial charge in [-0.15, -0.1) is 0 Å². The number of hydrogen-bond acceptors (Lipinski definition) is 6. The molecule has 0 aliphatic rings. The van der Waals surface area contributed by atoms with E-state index in [-0.39, 0.29) is 36.7 Å². The van der Waals surface area contributed by atoms with Crippen molar-refractivity contribution < 1.29 is 23.9 Å². The van der Waals surface area contributed by atoms with E-state index in [0.29, 0.717) is 46.6 Å². The van der Waals surface area contributed by atoms with Gasteiger partial charge in [-0.3, -0.25) is 19.4 Å². The molecule has 6 N–H and O–H groups in total. The van der Waals surface area contributed by atoms with Gasteiger partial charge in [0.2, 0.25) is 0 Å². The topological polar surface area (TPSA) is 164 Å². The van der Waals surface area contributed by atoms with Crippen molar-refractivity contribution in [1.82, 2.24) is 25.2 Å². The molecule has 0 bridgehead atoms. The Morgan fingerprint density at radius 2 is 1.75 bits per heavy atom. The first-order chi connectivity index (χ1) is 18.8. The van der Waals surface area contributed by atoms with E-state index < -0.39 is 11.7 Å². The molecule has 216 valence electrons. The summed E-state index contributed by atoms with van der Waals surface area (Å²) < 4.78 is 6.98. The van der Waals surface area contributed by atoms with Crippen LogP contribution in [0.5, 0.6) is 0 Å². The quantitative estimate of drug-likeness (QED) is 0.112. The molecule has 0 fully saturated rings. The number of H-pyrrole nitrogens is 1. The molecule has 0 saturated heterocycles. The number of aromatic amines is 1. The minimum absolute atomic E-state index is 0.200. The third kappa shape index (κ3) is 8.09. The molecule has 0 unspecified atom stereocenters. The summed E-state index contributed by atoms with van der Waals surface area (Å²) in [7, 11) is 0. The Labute approximate surface area is 233 Å². The first-order valence-corrected chi connectivity index (χ1v) is 13.2.